The second kappa shape index (κ2) is 53.4. The molecule has 7 unspecified atom stereocenters. The van der Waals surface area contributed by atoms with Gasteiger partial charge in [-0.1, -0.05) is 235 Å². The zero-order chi connectivity index (χ0) is 54.5. The van der Waals surface area contributed by atoms with Crippen LogP contribution >= 0.6 is 0 Å². The van der Waals surface area contributed by atoms with E-state index >= 15 is 0 Å². The number of allylic oxidation sites excluding steroid dienone is 9. The van der Waals surface area contributed by atoms with Crippen molar-refractivity contribution in [3.05, 3.63) is 60.8 Å². The predicted molar refractivity (Wildman–Crippen MR) is 310 cm³/mol. The molecule has 1 fully saturated rings. The number of nitrogens with one attached hydrogen (secondary N) is 1. The lowest BCUT2D eigenvalue weighted by Crippen LogP contribution is -2.60. The number of hydrogen-bond acceptors (Lipinski definition) is 10. The maximum absolute atomic E-state index is 13.0. The third-order valence-electron chi connectivity index (χ3n) is 14.4. The summed E-state index contributed by atoms with van der Waals surface area (Å²) in [4.78, 5) is 25.0. The molecule has 11 nitrogen and oxygen atoms in total. The van der Waals surface area contributed by atoms with E-state index < -0.39 is 49.5 Å². The van der Waals surface area contributed by atoms with Crippen molar-refractivity contribution in [3.63, 3.8) is 0 Å². The second-order valence-electron chi connectivity index (χ2n) is 21.4. The molecule has 1 rings (SSSR count). The number of hydrogen-bond donors (Lipinski definition) is 6. The SMILES string of the molecule is C/C=C/CC/C=C/CC/C=C/C(O)C(COC1OC(CO)C(O)C(O)C1O)NC(=O)CCCCCCCCCCC/C=C\C/C=C\CCCCCCCCCCCOC(=O)CCCCCCCCCCCCCCC. The fraction of sp³-hybridized carbons (Fsp3) is 0.812. The summed E-state index contributed by atoms with van der Waals surface area (Å²) < 4.78 is 16.6. The Morgan fingerprint density at radius 1 is 0.520 bits per heavy atom. The van der Waals surface area contributed by atoms with Gasteiger partial charge in [0.25, 0.3) is 0 Å². The highest BCUT2D eigenvalue weighted by Crippen LogP contribution is 2.23. The summed E-state index contributed by atoms with van der Waals surface area (Å²) in [6.07, 6.45) is 59.3. The van der Waals surface area contributed by atoms with Gasteiger partial charge in [0, 0.05) is 12.8 Å². The van der Waals surface area contributed by atoms with Gasteiger partial charge >= 0.3 is 5.97 Å². The van der Waals surface area contributed by atoms with Gasteiger partial charge in [0.2, 0.25) is 5.91 Å². The van der Waals surface area contributed by atoms with E-state index in [4.69, 9.17) is 14.2 Å². The van der Waals surface area contributed by atoms with E-state index in [1.807, 2.05) is 19.1 Å². The first-order valence-electron chi connectivity index (χ1n) is 31.0. The van der Waals surface area contributed by atoms with Crippen LogP contribution in [-0.4, -0.2) is 100 Å². The van der Waals surface area contributed by atoms with Crippen molar-refractivity contribution >= 4 is 11.9 Å². The van der Waals surface area contributed by atoms with Crippen molar-refractivity contribution in [3.8, 4) is 0 Å². The Balaban J connectivity index is 2.01. The van der Waals surface area contributed by atoms with E-state index in [-0.39, 0.29) is 18.5 Å². The minimum atomic E-state index is -1.58. The Kier molecular flexibility index (Phi) is 50.1. The lowest BCUT2D eigenvalue weighted by atomic mass is 9.99. The van der Waals surface area contributed by atoms with E-state index in [0.29, 0.717) is 19.4 Å². The maximum atomic E-state index is 13.0. The lowest BCUT2D eigenvalue weighted by molar-refractivity contribution is -0.302. The van der Waals surface area contributed by atoms with Crippen LogP contribution in [0.3, 0.4) is 0 Å². The van der Waals surface area contributed by atoms with Gasteiger partial charge in [-0.25, -0.2) is 0 Å². The molecule has 75 heavy (non-hydrogen) atoms. The topological polar surface area (TPSA) is 175 Å². The van der Waals surface area contributed by atoms with Crippen LogP contribution in [0.5, 0.6) is 0 Å². The zero-order valence-electron chi connectivity index (χ0n) is 48.0. The van der Waals surface area contributed by atoms with Crippen LogP contribution in [0, 0.1) is 0 Å². The van der Waals surface area contributed by atoms with Crippen molar-refractivity contribution < 1.29 is 49.3 Å². The Morgan fingerprint density at radius 3 is 1.47 bits per heavy atom. The van der Waals surface area contributed by atoms with Gasteiger partial charge in [0.05, 0.1) is 32.0 Å². The molecule has 11 heteroatoms. The van der Waals surface area contributed by atoms with Crippen molar-refractivity contribution in [1.82, 2.24) is 5.32 Å². The fourth-order valence-corrected chi connectivity index (χ4v) is 9.50. The standard InChI is InChI=1S/C64H115NO10/c1-3-5-7-9-11-13-14-28-32-36-40-44-48-52-60(69)73-53-49-45-41-37-33-30-27-25-23-21-19-17-15-16-18-20-22-24-26-29-31-35-39-43-47-51-59(68)65-56(57(67)50-46-42-38-34-12-10-8-6-4-2)55-74-64-63(72)62(71)61(70)58(54-66)75-64/h4,6,12,16-19,34,46,50,56-58,61-64,66-67,70-72H,3,5,7-11,13-15,20-33,35-45,47-49,51-55H2,1-2H3,(H,65,68)/b6-4+,18-16-,19-17-,34-12+,50-46+. The zero-order valence-corrected chi connectivity index (χ0v) is 48.0. The molecule has 0 aromatic rings. The summed E-state index contributed by atoms with van der Waals surface area (Å²) in [5.74, 6) is -0.208. The number of carbonyl (C=O) groups excluding carboxylic acids is 2. The smallest absolute Gasteiger partial charge is 0.305 e. The van der Waals surface area contributed by atoms with Crippen LogP contribution in [0.15, 0.2) is 60.8 Å². The van der Waals surface area contributed by atoms with Crippen molar-refractivity contribution in [2.75, 3.05) is 19.8 Å². The molecule has 0 radical (unpaired) electrons. The Bertz CT molecular complexity index is 1430. The van der Waals surface area contributed by atoms with Crippen molar-refractivity contribution in [1.29, 1.82) is 0 Å². The van der Waals surface area contributed by atoms with Gasteiger partial charge in [0.15, 0.2) is 6.29 Å². The summed E-state index contributed by atoms with van der Waals surface area (Å²) in [5.41, 5.74) is 0. The average molecular weight is 1060 g/mol. The quantitative estimate of drug-likeness (QED) is 0.0195. The van der Waals surface area contributed by atoms with Crippen LogP contribution in [0.1, 0.15) is 271 Å². The van der Waals surface area contributed by atoms with Crippen LogP contribution in [0.2, 0.25) is 0 Å². The number of aliphatic hydroxyl groups is 5. The molecule has 7 atom stereocenters. The number of rotatable bonds is 53. The van der Waals surface area contributed by atoms with Crippen LogP contribution in [-0.2, 0) is 23.8 Å². The summed E-state index contributed by atoms with van der Waals surface area (Å²) >= 11 is 0. The molecule has 0 saturated carbocycles. The molecule has 0 aromatic heterocycles. The molecule has 0 bridgehead atoms. The molecular weight excluding hydrogens is 943 g/mol. The van der Waals surface area contributed by atoms with Gasteiger partial charge in [-0.3, -0.25) is 9.59 Å². The summed E-state index contributed by atoms with van der Waals surface area (Å²) in [5, 5.41) is 54.1. The maximum Gasteiger partial charge on any atom is 0.305 e. The first-order chi connectivity index (χ1) is 36.7. The molecule has 0 aromatic carbocycles. The number of esters is 1. The van der Waals surface area contributed by atoms with E-state index in [1.165, 1.54) is 154 Å². The predicted octanol–water partition coefficient (Wildman–Crippen LogP) is 14.6. The van der Waals surface area contributed by atoms with E-state index in [2.05, 4.69) is 54.8 Å². The van der Waals surface area contributed by atoms with Crippen LogP contribution in [0.25, 0.3) is 0 Å². The van der Waals surface area contributed by atoms with Crippen molar-refractivity contribution in [2.45, 2.75) is 314 Å². The molecule has 1 heterocycles. The number of carbonyl (C=O) groups is 2. The number of ether oxygens (including phenoxy) is 3. The largest absolute Gasteiger partial charge is 0.466 e. The third-order valence-corrected chi connectivity index (χ3v) is 14.4. The molecule has 1 amide bonds. The molecule has 1 aliphatic rings. The summed E-state index contributed by atoms with van der Waals surface area (Å²) in [7, 11) is 0. The Hall–Kier alpha value is -2.64. The molecular formula is C64H115NO10. The highest BCUT2D eigenvalue weighted by Gasteiger charge is 2.44. The minimum absolute atomic E-state index is 0.00142. The number of aliphatic hydroxyl groups excluding tert-OH is 5. The van der Waals surface area contributed by atoms with Crippen LogP contribution in [0.4, 0.5) is 0 Å². The van der Waals surface area contributed by atoms with Crippen molar-refractivity contribution in [2.24, 2.45) is 0 Å². The minimum Gasteiger partial charge on any atom is -0.466 e. The highest BCUT2D eigenvalue weighted by atomic mass is 16.7. The monoisotopic (exact) mass is 1060 g/mol. The first kappa shape index (κ1) is 70.4. The average Bonchev–Trinajstić information content (AvgIpc) is 3.41. The van der Waals surface area contributed by atoms with Gasteiger partial charge in [0.1, 0.15) is 24.4 Å². The highest BCUT2D eigenvalue weighted by molar-refractivity contribution is 5.76. The molecule has 1 saturated heterocycles. The third kappa shape index (κ3) is 43.0. The first-order valence-corrected chi connectivity index (χ1v) is 31.0. The molecule has 6 N–H and O–H groups in total. The molecule has 0 aliphatic carbocycles. The van der Waals surface area contributed by atoms with E-state index in [0.717, 1.165) is 89.9 Å². The Labute approximate surface area is 458 Å². The molecule has 0 spiro atoms. The second-order valence-corrected chi connectivity index (χ2v) is 21.4. The summed E-state index contributed by atoms with van der Waals surface area (Å²) in [6.45, 7) is 4.08. The van der Waals surface area contributed by atoms with Gasteiger partial charge < -0.3 is 45.1 Å². The fourth-order valence-electron chi connectivity index (χ4n) is 9.50. The normalized spacial score (nSPS) is 19.2. The van der Waals surface area contributed by atoms with Gasteiger partial charge in [-0.2, -0.15) is 0 Å². The molecule has 436 valence electrons. The summed E-state index contributed by atoms with van der Waals surface area (Å²) in [6, 6.07) is -0.839. The van der Waals surface area contributed by atoms with E-state index in [1.54, 1.807) is 6.08 Å². The number of unbranched alkanes of at least 4 members (excludes halogenated alkanes) is 32. The number of amides is 1. The lowest BCUT2D eigenvalue weighted by Gasteiger charge is -2.40. The Morgan fingerprint density at radius 2 is 0.960 bits per heavy atom. The van der Waals surface area contributed by atoms with Gasteiger partial charge in [-0.05, 0) is 84.0 Å². The molecule has 1 aliphatic heterocycles. The van der Waals surface area contributed by atoms with Gasteiger partial charge in [-0.15, -0.1) is 0 Å². The van der Waals surface area contributed by atoms with E-state index in [9.17, 15) is 35.1 Å². The van der Waals surface area contributed by atoms with Crippen LogP contribution < -0.4 is 5.32 Å².